The standard InChI is InChI=1S/C18H21NO3/c1-19-8-7-18-11-4-5-13(20)17(18)22-16-14(21-2)6-3-10(15(16)18)9-12(11)19/h3,6,11-12,17H,4-5,7-9H2,1-2H3/t11-,12+,17?,18-/m0/s1/i5D2,11D. The molecule has 4 aliphatic rings. The minimum absolute atomic E-state index is 0.0796. The lowest BCUT2D eigenvalue weighted by Crippen LogP contribution is -2.65. The quantitative estimate of drug-likeness (QED) is 0.794. The lowest BCUT2D eigenvalue weighted by atomic mass is 9.52. The average Bonchev–Trinajstić information content (AvgIpc) is 2.90. The molecule has 116 valence electrons. The molecule has 0 N–H and O–H groups in total. The lowest BCUT2D eigenvalue weighted by Gasteiger charge is -2.57. The van der Waals surface area contributed by atoms with Crippen LogP contribution in [0.15, 0.2) is 12.1 Å². The second-order valence-electron chi connectivity index (χ2n) is 6.79. The zero-order valence-electron chi connectivity index (χ0n) is 15.8. The van der Waals surface area contributed by atoms with E-state index in [2.05, 4.69) is 4.90 Å². The van der Waals surface area contributed by atoms with Crippen LogP contribution in [-0.4, -0.2) is 43.5 Å². The molecule has 1 saturated carbocycles. The van der Waals surface area contributed by atoms with E-state index in [-0.39, 0.29) is 12.5 Å². The highest BCUT2D eigenvalue weighted by Crippen LogP contribution is 2.62. The van der Waals surface area contributed by atoms with Crippen LogP contribution in [0.1, 0.15) is 34.5 Å². The monoisotopic (exact) mass is 302 g/mol. The zero-order valence-corrected chi connectivity index (χ0v) is 12.8. The maximum absolute atomic E-state index is 13.0. The topological polar surface area (TPSA) is 38.8 Å². The first kappa shape index (κ1) is 10.3. The molecule has 22 heavy (non-hydrogen) atoms. The number of likely N-dealkylation sites (N-methyl/N-ethyl adjacent to an activating group) is 1. The normalized spacial score (nSPS) is 46.1. The molecule has 1 aromatic rings. The van der Waals surface area contributed by atoms with E-state index in [1.54, 1.807) is 7.11 Å². The first-order valence-corrected chi connectivity index (χ1v) is 7.88. The molecule has 2 aliphatic carbocycles. The zero-order chi connectivity index (χ0) is 17.8. The molecule has 1 aromatic carbocycles. The molecule has 2 aliphatic heterocycles. The van der Waals surface area contributed by atoms with E-state index in [1.807, 2.05) is 19.2 Å². The third-order valence-corrected chi connectivity index (χ3v) is 6.03. The van der Waals surface area contributed by atoms with Gasteiger partial charge in [-0.2, -0.15) is 0 Å². The minimum Gasteiger partial charge on any atom is -0.493 e. The van der Waals surface area contributed by atoms with E-state index in [0.717, 1.165) is 17.7 Å². The third-order valence-electron chi connectivity index (χ3n) is 6.03. The molecule has 4 atom stereocenters. The Morgan fingerprint density at radius 2 is 2.41 bits per heavy atom. The highest BCUT2D eigenvalue weighted by atomic mass is 16.5. The van der Waals surface area contributed by atoms with Gasteiger partial charge in [-0.25, -0.2) is 0 Å². The summed E-state index contributed by atoms with van der Waals surface area (Å²) in [7, 11) is 3.57. The van der Waals surface area contributed by atoms with Crippen molar-refractivity contribution in [2.45, 2.75) is 43.2 Å². The number of rotatable bonds is 1. The molecule has 5 rings (SSSR count). The Bertz CT molecular complexity index is 813. The molecule has 0 amide bonds. The van der Waals surface area contributed by atoms with Gasteiger partial charge in [-0.15, -0.1) is 0 Å². The summed E-state index contributed by atoms with van der Waals surface area (Å²) >= 11 is 0. The number of likely N-dealkylation sites (tertiary alicyclic amines) is 1. The predicted molar refractivity (Wildman–Crippen MR) is 81.6 cm³/mol. The van der Waals surface area contributed by atoms with Crippen molar-refractivity contribution in [3.8, 4) is 11.5 Å². The summed E-state index contributed by atoms with van der Waals surface area (Å²) in [4.78, 5) is 15.1. The molecule has 1 unspecified atom stereocenters. The molecular formula is C18H21NO3. The van der Waals surface area contributed by atoms with Crippen LogP contribution in [0.25, 0.3) is 0 Å². The number of piperidine rings is 1. The SMILES string of the molecule is [2H]C1([2H])C[C@@]2([2H])[C@H]3Cc4ccc(OC)c5c4[C@@]2(CCN3C)C(O5)C1=O. The number of hydrogen-bond acceptors (Lipinski definition) is 4. The van der Waals surface area contributed by atoms with Gasteiger partial charge in [-0.05, 0) is 50.4 Å². The van der Waals surface area contributed by atoms with E-state index < -0.39 is 29.6 Å². The van der Waals surface area contributed by atoms with E-state index in [4.69, 9.17) is 12.2 Å². The Labute approximate surface area is 134 Å². The van der Waals surface area contributed by atoms with Crippen LogP contribution >= 0.6 is 0 Å². The van der Waals surface area contributed by atoms with Crippen LogP contribution in [-0.2, 0) is 16.6 Å². The molecule has 2 fully saturated rings. The fourth-order valence-electron chi connectivity index (χ4n) is 5.02. The summed E-state index contributed by atoms with van der Waals surface area (Å²) in [5.74, 6) is -0.497. The third kappa shape index (κ3) is 1.27. The summed E-state index contributed by atoms with van der Waals surface area (Å²) in [6.07, 6.45) is -1.75. The highest BCUT2D eigenvalue weighted by molar-refractivity contribution is 5.89. The number of Topliss-reactive ketones (excluding diaryl/α,β-unsaturated/α-hetero) is 1. The maximum atomic E-state index is 13.0. The second-order valence-corrected chi connectivity index (χ2v) is 6.79. The Balaban J connectivity index is 1.86. The van der Waals surface area contributed by atoms with E-state index >= 15 is 0 Å². The Morgan fingerprint density at radius 3 is 3.23 bits per heavy atom. The first-order chi connectivity index (χ1) is 11.8. The molecule has 2 heterocycles. The number of nitrogens with zero attached hydrogens (tertiary/aromatic N) is 1. The van der Waals surface area contributed by atoms with E-state index in [1.165, 1.54) is 0 Å². The van der Waals surface area contributed by atoms with E-state index in [9.17, 15) is 6.17 Å². The van der Waals surface area contributed by atoms with Gasteiger partial charge in [0.1, 0.15) is 0 Å². The van der Waals surface area contributed by atoms with Gasteiger partial charge < -0.3 is 14.4 Å². The molecule has 1 spiro atoms. The number of hydrogen-bond donors (Lipinski definition) is 0. The van der Waals surface area contributed by atoms with Crippen LogP contribution in [0, 0.1) is 5.89 Å². The van der Waals surface area contributed by atoms with Gasteiger partial charge in [0.2, 0.25) is 0 Å². The molecule has 4 nitrogen and oxygen atoms in total. The van der Waals surface area contributed by atoms with Gasteiger partial charge in [-0.3, -0.25) is 4.79 Å². The number of carbonyl (C=O) groups is 1. The predicted octanol–water partition coefficient (Wildman–Crippen LogP) is 1.93. The van der Waals surface area contributed by atoms with Crippen molar-refractivity contribution in [1.82, 2.24) is 4.90 Å². The number of ketones is 1. The van der Waals surface area contributed by atoms with Crippen molar-refractivity contribution in [3.63, 3.8) is 0 Å². The average molecular weight is 302 g/mol. The summed E-state index contributed by atoms with van der Waals surface area (Å²) < 4.78 is 37.5. The van der Waals surface area contributed by atoms with Gasteiger partial charge in [-0.1, -0.05) is 6.07 Å². The van der Waals surface area contributed by atoms with Crippen molar-refractivity contribution in [3.05, 3.63) is 23.3 Å². The molecular weight excluding hydrogens is 278 g/mol. The van der Waals surface area contributed by atoms with Crippen molar-refractivity contribution >= 4 is 5.78 Å². The van der Waals surface area contributed by atoms with Gasteiger partial charge in [0.25, 0.3) is 0 Å². The lowest BCUT2D eigenvalue weighted by molar-refractivity contribution is -0.138. The minimum atomic E-state index is -2.04. The smallest absolute Gasteiger partial charge is 0.174 e. The first-order valence-electron chi connectivity index (χ1n) is 9.38. The number of methoxy groups -OCH3 is 1. The number of benzene rings is 1. The van der Waals surface area contributed by atoms with Gasteiger partial charge in [0, 0.05) is 27.5 Å². The van der Waals surface area contributed by atoms with Crippen LogP contribution < -0.4 is 9.47 Å². The molecule has 1 saturated heterocycles. The van der Waals surface area contributed by atoms with Crippen molar-refractivity contribution in [1.29, 1.82) is 0 Å². The van der Waals surface area contributed by atoms with Crippen LogP contribution in [0.3, 0.4) is 0 Å². The molecule has 4 heteroatoms. The van der Waals surface area contributed by atoms with Gasteiger partial charge in [0.15, 0.2) is 23.4 Å². The molecule has 2 bridgehead atoms. The van der Waals surface area contributed by atoms with Crippen LogP contribution in [0.5, 0.6) is 11.5 Å². The van der Waals surface area contributed by atoms with Gasteiger partial charge in [0.05, 0.1) is 7.11 Å². The van der Waals surface area contributed by atoms with Crippen LogP contribution in [0.4, 0.5) is 0 Å². The Hall–Kier alpha value is -1.55. The maximum Gasteiger partial charge on any atom is 0.174 e. The number of carbonyl (C=O) groups excluding carboxylic acids is 1. The Morgan fingerprint density at radius 1 is 1.55 bits per heavy atom. The van der Waals surface area contributed by atoms with Crippen molar-refractivity contribution < 1.29 is 18.4 Å². The van der Waals surface area contributed by atoms with Gasteiger partial charge >= 0.3 is 0 Å². The highest BCUT2D eigenvalue weighted by Gasteiger charge is 2.65. The fraction of sp³-hybridized carbons (Fsp3) is 0.611. The Kier molecular flexibility index (Phi) is 1.89. The fourth-order valence-corrected chi connectivity index (χ4v) is 5.02. The summed E-state index contributed by atoms with van der Waals surface area (Å²) in [6, 6.07) is 3.75. The second kappa shape index (κ2) is 4.05. The van der Waals surface area contributed by atoms with Crippen molar-refractivity contribution in [2.75, 3.05) is 20.7 Å². The summed E-state index contributed by atoms with van der Waals surface area (Å²) in [6.45, 7) is 0.775. The molecule has 0 aromatic heterocycles. The number of ether oxygens (including phenoxy) is 2. The summed E-state index contributed by atoms with van der Waals surface area (Å²) in [5.41, 5.74) is 1.26. The van der Waals surface area contributed by atoms with Crippen molar-refractivity contribution in [2.24, 2.45) is 5.89 Å². The van der Waals surface area contributed by atoms with Crippen LogP contribution in [0.2, 0.25) is 0 Å². The largest absolute Gasteiger partial charge is 0.493 e. The molecule has 0 radical (unpaired) electrons. The summed E-state index contributed by atoms with van der Waals surface area (Å²) in [5, 5.41) is 0. The van der Waals surface area contributed by atoms with E-state index in [0.29, 0.717) is 24.3 Å².